The number of allylic oxidation sites excluding steroid dienone is 2. The predicted molar refractivity (Wildman–Crippen MR) is 101 cm³/mol. The number of aromatic nitrogens is 2. The van der Waals surface area contributed by atoms with Crippen LogP contribution in [0, 0.1) is 11.8 Å². The van der Waals surface area contributed by atoms with Crippen molar-refractivity contribution in [2.75, 3.05) is 6.61 Å². The third-order valence-electron chi connectivity index (χ3n) is 4.16. The number of fused-ring (bicyclic) bond motifs is 1. The molecular weight excluding hydrogens is 384 g/mol. The van der Waals surface area contributed by atoms with Gasteiger partial charge in [-0.1, -0.05) is 32.1 Å². The predicted octanol–water partition coefficient (Wildman–Crippen LogP) is 4.24. The summed E-state index contributed by atoms with van der Waals surface area (Å²) in [6.07, 6.45) is 10.1. The number of carboxylic acids is 1. The fourth-order valence-electron chi connectivity index (χ4n) is 2.84. The summed E-state index contributed by atoms with van der Waals surface area (Å²) < 4.78 is 7.66. The first-order chi connectivity index (χ1) is 11.9. The Balaban J connectivity index is 1.85. The Bertz CT molecular complexity index is 840. The lowest BCUT2D eigenvalue weighted by Gasteiger charge is -2.34. The molecule has 0 radical (unpaired) electrons. The van der Waals surface area contributed by atoms with Crippen molar-refractivity contribution < 1.29 is 14.6 Å². The number of pyridine rings is 1. The number of halogens is 1. The van der Waals surface area contributed by atoms with Crippen LogP contribution >= 0.6 is 15.9 Å². The number of carboxylic acid groups (broad SMARTS) is 1. The summed E-state index contributed by atoms with van der Waals surface area (Å²) in [6, 6.07) is 5.18. The molecule has 1 N–H and O–H groups in total. The van der Waals surface area contributed by atoms with E-state index in [9.17, 15) is 4.79 Å². The number of alkyl halides is 1. The molecule has 3 rings (SSSR count). The molecule has 1 aliphatic rings. The zero-order chi connectivity index (χ0) is 18.0. The number of ether oxygens (including phenoxy) is 1. The highest BCUT2D eigenvalue weighted by atomic mass is 79.9. The van der Waals surface area contributed by atoms with Gasteiger partial charge in [-0.15, -0.1) is 0 Å². The third-order valence-corrected chi connectivity index (χ3v) is 5.24. The minimum Gasteiger partial charge on any atom is -0.477 e. The van der Waals surface area contributed by atoms with Crippen molar-refractivity contribution in [2.45, 2.75) is 24.9 Å². The second kappa shape index (κ2) is 7.14. The van der Waals surface area contributed by atoms with Crippen molar-refractivity contribution >= 4 is 32.9 Å². The van der Waals surface area contributed by atoms with Gasteiger partial charge in [-0.05, 0) is 46.1 Å². The van der Waals surface area contributed by atoms with E-state index in [4.69, 9.17) is 9.84 Å². The van der Waals surface area contributed by atoms with Gasteiger partial charge in [-0.3, -0.25) is 0 Å². The Kier molecular flexibility index (Phi) is 5.11. The summed E-state index contributed by atoms with van der Waals surface area (Å²) in [5, 5.41) is 9.08. The van der Waals surface area contributed by atoms with E-state index in [0.29, 0.717) is 24.6 Å². The molecule has 6 heteroatoms. The van der Waals surface area contributed by atoms with Crippen molar-refractivity contribution in [2.24, 2.45) is 11.8 Å². The normalized spacial score (nSPS) is 22.8. The van der Waals surface area contributed by atoms with Gasteiger partial charge in [-0.25, -0.2) is 9.78 Å². The molecule has 0 saturated heterocycles. The molecule has 0 aromatic carbocycles. The van der Waals surface area contributed by atoms with Crippen LogP contribution < -0.4 is 0 Å². The molecule has 2 aromatic rings. The van der Waals surface area contributed by atoms with Crippen LogP contribution in [0.3, 0.4) is 0 Å². The first-order valence-electron chi connectivity index (χ1n) is 8.27. The molecule has 0 bridgehead atoms. The number of hydrogen-bond donors (Lipinski definition) is 1. The number of rotatable bonds is 6. The van der Waals surface area contributed by atoms with Gasteiger partial charge in [-0.2, -0.15) is 0 Å². The van der Waals surface area contributed by atoms with E-state index in [2.05, 4.69) is 45.4 Å². The molecule has 25 heavy (non-hydrogen) atoms. The Morgan fingerprint density at radius 1 is 1.40 bits per heavy atom. The van der Waals surface area contributed by atoms with Gasteiger partial charge in [0.2, 0.25) is 0 Å². The van der Waals surface area contributed by atoms with Crippen LogP contribution in [0.25, 0.3) is 11.0 Å². The number of hydrogen-bond acceptors (Lipinski definition) is 3. The smallest absolute Gasteiger partial charge is 0.354 e. The molecule has 0 amide bonds. The summed E-state index contributed by atoms with van der Waals surface area (Å²) in [5.41, 5.74) is 1.64. The van der Waals surface area contributed by atoms with Crippen LogP contribution in [0.2, 0.25) is 0 Å². The maximum absolute atomic E-state index is 11.1. The van der Waals surface area contributed by atoms with Gasteiger partial charge < -0.3 is 14.4 Å². The van der Waals surface area contributed by atoms with Gasteiger partial charge in [0.25, 0.3) is 0 Å². The molecule has 132 valence electrons. The first-order valence-corrected chi connectivity index (χ1v) is 9.06. The van der Waals surface area contributed by atoms with Crippen LogP contribution in [-0.4, -0.2) is 31.7 Å². The maximum Gasteiger partial charge on any atom is 0.354 e. The van der Waals surface area contributed by atoms with Crippen molar-refractivity contribution in [1.29, 1.82) is 0 Å². The molecule has 2 atom stereocenters. The molecule has 0 aliphatic heterocycles. The molecule has 2 aromatic heterocycles. The van der Waals surface area contributed by atoms with Crippen LogP contribution in [0.1, 0.15) is 24.3 Å². The Morgan fingerprint density at radius 2 is 2.20 bits per heavy atom. The molecule has 0 spiro atoms. The van der Waals surface area contributed by atoms with E-state index in [1.807, 2.05) is 30.5 Å². The lowest BCUT2D eigenvalue weighted by Crippen LogP contribution is -2.36. The van der Waals surface area contributed by atoms with Gasteiger partial charge in [0.05, 0.1) is 17.6 Å². The van der Waals surface area contributed by atoms with Crippen molar-refractivity contribution in [3.8, 4) is 0 Å². The Hall–Kier alpha value is -1.92. The van der Waals surface area contributed by atoms with Crippen LogP contribution in [-0.2, 0) is 11.3 Å². The molecule has 1 aliphatic carbocycles. The summed E-state index contributed by atoms with van der Waals surface area (Å²) in [7, 11) is 0. The van der Waals surface area contributed by atoms with E-state index in [0.717, 1.165) is 5.52 Å². The number of aromatic carboxylic acids is 1. The van der Waals surface area contributed by atoms with Gasteiger partial charge in [0.1, 0.15) is 10.2 Å². The highest BCUT2D eigenvalue weighted by molar-refractivity contribution is 9.10. The van der Waals surface area contributed by atoms with Crippen molar-refractivity contribution in [3.63, 3.8) is 0 Å². The molecule has 0 fully saturated rings. The zero-order valence-electron chi connectivity index (χ0n) is 14.2. The average Bonchev–Trinajstić information content (AvgIpc) is 2.97. The molecule has 0 saturated carbocycles. The van der Waals surface area contributed by atoms with Crippen LogP contribution in [0.5, 0.6) is 0 Å². The van der Waals surface area contributed by atoms with Crippen LogP contribution in [0.15, 0.2) is 48.7 Å². The Labute approximate surface area is 155 Å². The van der Waals surface area contributed by atoms with Crippen molar-refractivity contribution in [1.82, 2.24) is 9.55 Å². The van der Waals surface area contributed by atoms with Crippen LogP contribution in [0.4, 0.5) is 0 Å². The summed E-state index contributed by atoms with van der Waals surface area (Å²) in [4.78, 5) is 15.3. The van der Waals surface area contributed by atoms with E-state index in [-0.39, 0.29) is 11.6 Å². The second-order valence-corrected chi connectivity index (χ2v) is 7.87. The molecule has 5 nitrogen and oxygen atoms in total. The van der Waals surface area contributed by atoms with E-state index in [1.54, 1.807) is 6.07 Å². The molecule has 2 heterocycles. The standard InChI is InChI=1S/C19H21BrN2O3/c1-13(2)12-25-19(20)9-4-3-5-14(19)11-22-10-8-15-17(22)7-6-16(21-15)18(23)24/h3-10,13-14H,11-12H2,1-2H3,(H,23,24). The number of carbonyl (C=O) groups is 1. The quantitative estimate of drug-likeness (QED) is 0.731. The fourth-order valence-corrected chi connectivity index (χ4v) is 3.42. The third kappa shape index (κ3) is 3.85. The highest BCUT2D eigenvalue weighted by Crippen LogP contribution is 2.37. The highest BCUT2D eigenvalue weighted by Gasteiger charge is 2.35. The van der Waals surface area contributed by atoms with Gasteiger partial charge >= 0.3 is 5.97 Å². The molecular formula is C19H21BrN2O3. The fraction of sp³-hybridized carbons (Fsp3) is 0.368. The van der Waals surface area contributed by atoms with E-state index < -0.39 is 10.5 Å². The largest absolute Gasteiger partial charge is 0.477 e. The summed E-state index contributed by atoms with van der Waals surface area (Å²) >= 11 is 3.76. The minimum absolute atomic E-state index is 0.0563. The van der Waals surface area contributed by atoms with Gasteiger partial charge in [0, 0.05) is 18.7 Å². The molecule has 2 unspecified atom stereocenters. The topological polar surface area (TPSA) is 64.4 Å². The van der Waals surface area contributed by atoms with Crippen molar-refractivity contribution in [3.05, 3.63) is 54.4 Å². The second-order valence-electron chi connectivity index (χ2n) is 6.63. The summed E-state index contributed by atoms with van der Waals surface area (Å²) in [6.45, 7) is 5.61. The monoisotopic (exact) mass is 404 g/mol. The number of nitrogens with zero attached hydrogens (tertiary/aromatic N) is 2. The van der Waals surface area contributed by atoms with Gasteiger partial charge in [0.15, 0.2) is 0 Å². The summed E-state index contributed by atoms with van der Waals surface area (Å²) in [5.74, 6) is -0.469. The Morgan fingerprint density at radius 3 is 2.92 bits per heavy atom. The SMILES string of the molecule is CC(C)COC1(Br)C=CC=CC1Cn1ccc2nc(C(=O)O)ccc21. The zero-order valence-corrected chi connectivity index (χ0v) is 15.8. The minimum atomic E-state index is -1.02. The first kappa shape index (κ1) is 17.9. The van der Waals surface area contributed by atoms with E-state index >= 15 is 0 Å². The van der Waals surface area contributed by atoms with E-state index in [1.165, 1.54) is 6.07 Å². The lowest BCUT2D eigenvalue weighted by molar-refractivity contribution is 0.0162. The maximum atomic E-state index is 11.1. The average molecular weight is 405 g/mol. The lowest BCUT2D eigenvalue weighted by atomic mass is 9.97.